The number of benzene rings is 2. The van der Waals surface area contributed by atoms with Crippen molar-refractivity contribution in [2.75, 3.05) is 7.11 Å². The lowest BCUT2D eigenvalue weighted by molar-refractivity contribution is 0.0952. The number of rotatable bonds is 4. The third kappa shape index (κ3) is 2.88. The van der Waals surface area contributed by atoms with Crippen molar-refractivity contribution in [3.8, 4) is 5.75 Å². The van der Waals surface area contributed by atoms with Crippen LogP contribution in [-0.4, -0.2) is 23.0 Å². The summed E-state index contributed by atoms with van der Waals surface area (Å²) in [6.45, 7) is 0.444. The Bertz CT molecular complexity index is 795. The molecule has 5 nitrogen and oxygen atoms in total. The normalized spacial score (nSPS) is 10.4. The molecule has 1 amide bonds. The summed E-state index contributed by atoms with van der Waals surface area (Å²) < 4.78 is 5.11. The molecule has 0 fully saturated rings. The van der Waals surface area contributed by atoms with Gasteiger partial charge in [0.2, 0.25) is 0 Å². The number of fused-ring (bicyclic) bond motifs is 1. The van der Waals surface area contributed by atoms with Crippen LogP contribution in [0.4, 0.5) is 0 Å². The van der Waals surface area contributed by atoms with Gasteiger partial charge in [0.15, 0.2) is 0 Å². The molecule has 1 aromatic heterocycles. The molecule has 0 saturated heterocycles. The molecule has 22 heavy (non-hydrogen) atoms. The van der Waals surface area contributed by atoms with Crippen LogP contribution < -0.4 is 10.1 Å². The highest BCUT2D eigenvalue weighted by Gasteiger charge is 2.10. The Morgan fingerprint density at radius 3 is 2.64 bits per heavy atom. The van der Waals surface area contributed by atoms with Gasteiger partial charge in [0.25, 0.3) is 5.91 Å². The fraction of sp³-hybridized carbons (Fsp3) is 0.118. The molecule has 1 N–H and O–H groups in total. The van der Waals surface area contributed by atoms with E-state index in [1.54, 1.807) is 31.6 Å². The van der Waals surface area contributed by atoms with Gasteiger partial charge in [-0.05, 0) is 29.8 Å². The molecule has 0 spiro atoms. The molecule has 0 aliphatic heterocycles. The summed E-state index contributed by atoms with van der Waals surface area (Å²) in [6.07, 6.45) is 3.20. The molecule has 5 heteroatoms. The highest BCUT2D eigenvalue weighted by atomic mass is 16.5. The highest BCUT2D eigenvalue weighted by molar-refractivity contribution is 6.04. The average molecular weight is 293 g/mol. The Labute approximate surface area is 128 Å². The molecule has 3 rings (SSSR count). The van der Waals surface area contributed by atoms with E-state index >= 15 is 0 Å². The largest absolute Gasteiger partial charge is 0.497 e. The number of aromatic nitrogens is 2. The number of amides is 1. The number of methoxy groups -OCH3 is 1. The second kappa shape index (κ2) is 6.22. The first-order valence-corrected chi connectivity index (χ1v) is 6.89. The van der Waals surface area contributed by atoms with Crippen LogP contribution in [0.3, 0.4) is 0 Å². The number of nitrogens with one attached hydrogen (secondary N) is 1. The molecule has 1 heterocycles. The van der Waals surface area contributed by atoms with Gasteiger partial charge < -0.3 is 10.1 Å². The summed E-state index contributed by atoms with van der Waals surface area (Å²) in [6, 6.07) is 13.0. The fourth-order valence-electron chi connectivity index (χ4n) is 2.20. The number of carbonyl (C=O) groups is 1. The molecule has 0 saturated carbocycles. The summed E-state index contributed by atoms with van der Waals surface area (Å²) >= 11 is 0. The smallest absolute Gasteiger partial charge is 0.253 e. The molecule has 0 radical (unpaired) electrons. The standard InChI is InChI=1S/C17H15N3O2/c1-22-13-7-5-12(6-8-13)11-20-17(21)14-3-2-4-15-16(14)19-10-9-18-15/h2-10H,11H2,1H3,(H,20,21). The van der Waals surface area contributed by atoms with E-state index in [-0.39, 0.29) is 5.91 Å². The van der Waals surface area contributed by atoms with E-state index in [9.17, 15) is 4.79 Å². The molecule has 3 aromatic rings. The van der Waals surface area contributed by atoms with Crippen molar-refractivity contribution in [3.63, 3.8) is 0 Å². The number of ether oxygens (including phenoxy) is 1. The third-order valence-corrected chi connectivity index (χ3v) is 3.36. The zero-order valence-corrected chi connectivity index (χ0v) is 12.1. The Kier molecular flexibility index (Phi) is 3.96. The summed E-state index contributed by atoms with van der Waals surface area (Å²) in [5.74, 6) is 0.626. The molecule has 0 atom stereocenters. The van der Waals surface area contributed by atoms with Gasteiger partial charge in [-0.3, -0.25) is 14.8 Å². The van der Waals surface area contributed by atoms with Crippen molar-refractivity contribution < 1.29 is 9.53 Å². The Morgan fingerprint density at radius 1 is 1.09 bits per heavy atom. The summed E-state index contributed by atoms with van der Waals surface area (Å²) in [5.41, 5.74) is 2.84. The predicted molar refractivity (Wildman–Crippen MR) is 83.7 cm³/mol. The maximum Gasteiger partial charge on any atom is 0.253 e. The zero-order chi connectivity index (χ0) is 15.4. The molecule has 0 bridgehead atoms. The Balaban J connectivity index is 1.75. The lowest BCUT2D eigenvalue weighted by Gasteiger charge is -2.08. The van der Waals surface area contributed by atoms with Crippen molar-refractivity contribution in [1.29, 1.82) is 0 Å². The first kappa shape index (κ1) is 14.0. The van der Waals surface area contributed by atoms with Gasteiger partial charge in [-0.25, -0.2) is 0 Å². The third-order valence-electron chi connectivity index (χ3n) is 3.36. The molecule has 0 aliphatic carbocycles. The zero-order valence-electron chi connectivity index (χ0n) is 12.1. The Morgan fingerprint density at radius 2 is 1.86 bits per heavy atom. The molecule has 0 unspecified atom stereocenters. The van der Waals surface area contributed by atoms with Crippen LogP contribution >= 0.6 is 0 Å². The van der Waals surface area contributed by atoms with Crippen LogP contribution in [0.5, 0.6) is 5.75 Å². The molecule has 2 aromatic carbocycles. The number of nitrogens with zero attached hydrogens (tertiary/aromatic N) is 2. The molecular formula is C17H15N3O2. The SMILES string of the molecule is COc1ccc(CNC(=O)c2cccc3nccnc23)cc1. The van der Waals surface area contributed by atoms with Gasteiger partial charge in [-0.1, -0.05) is 18.2 Å². The second-order valence-electron chi connectivity index (χ2n) is 4.76. The van der Waals surface area contributed by atoms with Crippen molar-refractivity contribution in [2.24, 2.45) is 0 Å². The first-order chi connectivity index (χ1) is 10.8. The summed E-state index contributed by atoms with van der Waals surface area (Å²) in [4.78, 5) is 20.8. The average Bonchev–Trinajstić information content (AvgIpc) is 2.59. The van der Waals surface area contributed by atoms with E-state index in [0.29, 0.717) is 23.1 Å². The minimum absolute atomic E-state index is 0.165. The van der Waals surface area contributed by atoms with Crippen molar-refractivity contribution in [1.82, 2.24) is 15.3 Å². The topological polar surface area (TPSA) is 64.1 Å². The van der Waals surface area contributed by atoms with E-state index in [0.717, 1.165) is 11.3 Å². The van der Waals surface area contributed by atoms with Crippen LogP contribution in [0.1, 0.15) is 15.9 Å². The van der Waals surface area contributed by atoms with E-state index in [1.807, 2.05) is 30.3 Å². The second-order valence-corrected chi connectivity index (χ2v) is 4.76. The molecule has 110 valence electrons. The fourth-order valence-corrected chi connectivity index (χ4v) is 2.20. The van der Waals surface area contributed by atoms with E-state index < -0.39 is 0 Å². The minimum Gasteiger partial charge on any atom is -0.497 e. The van der Waals surface area contributed by atoms with Gasteiger partial charge in [0, 0.05) is 18.9 Å². The van der Waals surface area contributed by atoms with Gasteiger partial charge in [-0.15, -0.1) is 0 Å². The van der Waals surface area contributed by atoms with E-state index in [4.69, 9.17) is 4.74 Å². The molecule has 0 aliphatic rings. The first-order valence-electron chi connectivity index (χ1n) is 6.89. The summed E-state index contributed by atoms with van der Waals surface area (Å²) in [7, 11) is 1.62. The van der Waals surface area contributed by atoms with Crippen LogP contribution in [0.15, 0.2) is 54.9 Å². The number of para-hydroxylation sites is 1. The van der Waals surface area contributed by atoms with Gasteiger partial charge in [0.05, 0.1) is 18.2 Å². The predicted octanol–water partition coefficient (Wildman–Crippen LogP) is 2.57. The lowest BCUT2D eigenvalue weighted by atomic mass is 10.1. The number of hydrogen-bond donors (Lipinski definition) is 1. The molecular weight excluding hydrogens is 278 g/mol. The lowest BCUT2D eigenvalue weighted by Crippen LogP contribution is -2.23. The van der Waals surface area contributed by atoms with Crippen LogP contribution in [0.25, 0.3) is 11.0 Å². The Hall–Kier alpha value is -2.95. The minimum atomic E-state index is -0.165. The summed E-state index contributed by atoms with van der Waals surface area (Å²) in [5, 5.41) is 2.90. The maximum absolute atomic E-state index is 12.4. The van der Waals surface area contributed by atoms with Crippen molar-refractivity contribution in [3.05, 3.63) is 66.0 Å². The van der Waals surface area contributed by atoms with Gasteiger partial charge in [-0.2, -0.15) is 0 Å². The van der Waals surface area contributed by atoms with Gasteiger partial charge in [0.1, 0.15) is 11.3 Å². The van der Waals surface area contributed by atoms with Crippen molar-refractivity contribution in [2.45, 2.75) is 6.54 Å². The van der Waals surface area contributed by atoms with Crippen molar-refractivity contribution >= 4 is 16.9 Å². The quantitative estimate of drug-likeness (QED) is 0.803. The van der Waals surface area contributed by atoms with Gasteiger partial charge >= 0.3 is 0 Å². The van der Waals surface area contributed by atoms with Crippen LogP contribution in [0, 0.1) is 0 Å². The highest BCUT2D eigenvalue weighted by Crippen LogP contribution is 2.14. The van der Waals surface area contributed by atoms with Crippen LogP contribution in [0.2, 0.25) is 0 Å². The monoisotopic (exact) mass is 293 g/mol. The van der Waals surface area contributed by atoms with Crippen LogP contribution in [-0.2, 0) is 6.54 Å². The van der Waals surface area contributed by atoms with E-state index in [2.05, 4.69) is 15.3 Å². The number of hydrogen-bond acceptors (Lipinski definition) is 4. The maximum atomic E-state index is 12.4. The number of carbonyl (C=O) groups excluding carboxylic acids is 1. The van der Waals surface area contributed by atoms with E-state index in [1.165, 1.54) is 0 Å².